The third-order valence-corrected chi connectivity index (χ3v) is 6.77. The number of hydrogen-bond acceptors (Lipinski definition) is 3. The predicted molar refractivity (Wildman–Crippen MR) is 160 cm³/mol. The van der Waals surface area contributed by atoms with E-state index < -0.39 is 5.91 Å². The van der Waals surface area contributed by atoms with Crippen LogP contribution in [-0.4, -0.2) is 17.6 Å². The molecule has 4 aromatic carbocycles. The number of nitriles is 1. The first-order valence-corrected chi connectivity index (χ1v) is 13.1. The highest BCUT2D eigenvalue weighted by Crippen LogP contribution is 2.37. The average Bonchev–Trinajstić information content (AvgIpc) is 3.36. The van der Waals surface area contributed by atoms with Gasteiger partial charge in [0.05, 0.1) is 18.5 Å². The lowest BCUT2D eigenvalue weighted by Crippen LogP contribution is -2.13. The summed E-state index contributed by atoms with van der Waals surface area (Å²) in [6, 6.07) is 39.2. The molecule has 0 spiro atoms. The molecule has 0 atom stereocenters. The molecule has 5 nitrogen and oxygen atoms in total. The van der Waals surface area contributed by atoms with Crippen LogP contribution in [0.5, 0.6) is 5.75 Å². The van der Waals surface area contributed by atoms with Crippen LogP contribution in [-0.2, 0) is 4.79 Å². The number of carbonyl (C=O) groups is 1. The summed E-state index contributed by atoms with van der Waals surface area (Å²) in [5, 5.41) is 12.8. The van der Waals surface area contributed by atoms with Crippen LogP contribution in [0.15, 0.2) is 125 Å². The van der Waals surface area contributed by atoms with E-state index in [0.29, 0.717) is 11.4 Å². The second-order valence-corrected chi connectivity index (χ2v) is 9.65. The van der Waals surface area contributed by atoms with Crippen molar-refractivity contribution in [3.8, 4) is 40.0 Å². The summed E-state index contributed by atoms with van der Waals surface area (Å²) in [5.74, 6) is 0.193. The first kappa shape index (κ1) is 25.8. The van der Waals surface area contributed by atoms with Crippen molar-refractivity contribution < 1.29 is 9.53 Å². The van der Waals surface area contributed by atoms with E-state index in [-0.39, 0.29) is 5.57 Å². The quantitative estimate of drug-likeness (QED) is 0.158. The molecule has 5 aromatic rings. The molecule has 1 amide bonds. The fourth-order valence-corrected chi connectivity index (χ4v) is 4.65. The van der Waals surface area contributed by atoms with Crippen molar-refractivity contribution in [3.05, 3.63) is 131 Å². The van der Waals surface area contributed by atoms with Crippen LogP contribution >= 0.6 is 15.9 Å². The number of ether oxygens (including phenoxy) is 1. The molecule has 0 saturated heterocycles. The van der Waals surface area contributed by atoms with Crippen molar-refractivity contribution in [2.75, 3.05) is 12.4 Å². The third-order valence-electron chi connectivity index (χ3n) is 6.24. The Morgan fingerprint density at radius 3 is 2.08 bits per heavy atom. The van der Waals surface area contributed by atoms with Gasteiger partial charge < -0.3 is 14.6 Å². The number of hydrogen-bond donors (Lipinski definition) is 1. The number of rotatable bonds is 7. The summed E-state index contributed by atoms with van der Waals surface area (Å²) in [6.07, 6.45) is 1.66. The van der Waals surface area contributed by atoms with Crippen molar-refractivity contribution in [2.45, 2.75) is 0 Å². The first-order chi connectivity index (χ1) is 19.1. The third kappa shape index (κ3) is 5.69. The van der Waals surface area contributed by atoms with Gasteiger partial charge in [-0.1, -0.05) is 76.6 Å². The topological polar surface area (TPSA) is 67.0 Å². The Balaban J connectivity index is 1.68. The summed E-state index contributed by atoms with van der Waals surface area (Å²) in [7, 11) is 1.58. The molecule has 1 N–H and O–H groups in total. The van der Waals surface area contributed by atoms with E-state index in [1.165, 1.54) is 0 Å². The zero-order chi connectivity index (χ0) is 27.2. The van der Waals surface area contributed by atoms with Gasteiger partial charge in [-0.15, -0.1) is 0 Å². The number of benzene rings is 4. The van der Waals surface area contributed by atoms with Gasteiger partial charge >= 0.3 is 0 Å². The van der Waals surface area contributed by atoms with Gasteiger partial charge in [0, 0.05) is 21.4 Å². The Labute approximate surface area is 235 Å². The number of halogens is 1. The monoisotopic (exact) mass is 573 g/mol. The fourth-order valence-electron chi connectivity index (χ4n) is 4.39. The number of nitrogens with zero attached hydrogens (tertiary/aromatic N) is 2. The average molecular weight is 574 g/mol. The molecule has 0 unspecified atom stereocenters. The molecule has 1 aromatic heterocycles. The minimum absolute atomic E-state index is 0.00410. The van der Waals surface area contributed by atoms with Gasteiger partial charge in [-0.05, 0) is 71.8 Å². The summed E-state index contributed by atoms with van der Waals surface area (Å²) < 4.78 is 8.33. The van der Waals surface area contributed by atoms with Crippen LogP contribution in [0.4, 0.5) is 5.69 Å². The number of nitrogens with one attached hydrogen (secondary N) is 1. The molecular formula is C33H24BrN3O2. The highest BCUT2D eigenvalue weighted by atomic mass is 79.9. The van der Waals surface area contributed by atoms with Crippen molar-refractivity contribution in [1.29, 1.82) is 5.26 Å². The number of amides is 1. The molecule has 0 bridgehead atoms. The molecular weight excluding hydrogens is 550 g/mol. The van der Waals surface area contributed by atoms with Gasteiger partial charge in [0.15, 0.2) is 0 Å². The van der Waals surface area contributed by atoms with Crippen LogP contribution < -0.4 is 10.1 Å². The second kappa shape index (κ2) is 11.7. The molecule has 6 heteroatoms. The van der Waals surface area contributed by atoms with Gasteiger partial charge in [-0.25, -0.2) is 0 Å². The van der Waals surface area contributed by atoms with Crippen LogP contribution in [0.2, 0.25) is 0 Å². The van der Waals surface area contributed by atoms with Crippen molar-refractivity contribution in [3.63, 3.8) is 0 Å². The fraction of sp³-hybridized carbons (Fsp3) is 0.0303. The molecule has 0 aliphatic rings. The van der Waals surface area contributed by atoms with Crippen LogP contribution in [0.1, 0.15) is 5.56 Å². The minimum atomic E-state index is -0.487. The SMILES string of the molecule is COc1ccc(NC(=O)C(C#N)=Cc2cc(-c3ccccc3)n(-c3ccc(Br)cc3)c2-c2ccccc2)cc1. The van der Waals surface area contributed by atoms with Crippen molar-refractivity contribution >= 4 is 33.6 Å². The maximum Gasteiger partial charge on any atom is 0.266 e. The van der Waals surface area contributed by atoms with E-state index >= 15 is 0 Å². The number of anilines is 1. The van der Waals surface area contributed by atoms with Gasteiger partial charge in [-0.2, -0.15) is 5.26 Å². The standard InChI is InChI=1S/C33H24BrN3O2/c1-39-30-18-14-28(15-19-30)36-33(38)26(22-35)20-25-21-31(23-8-4-2-5-9-23)37(29-16-12-27(34)13-17-29)32(25)24-10-6-3-7-11-24/h2-21H,1H3,(H,36,38). The largest absolute Gasteiger partial charge is 0.497 e. The van der Waals surface area contributed by atoms with Crippen molar-refractivity contribution in [2.24, 2.45) is 0 Å². The summed E-state index contributed by atoms with van der Waals surface area (Å²) >= 11 is 3.54. The summed E-state index contributed by atoms with van der Waals surface area (Å²) in [6.45, 7) is 0. The molecule has 5 rings (SSSR count). The second-order valence-electron chi connectivity index (χ2n) is 8.73. The zero-order valence-corrected chi connectivity index (χ0v) is 22.7. The van der Waals surface area contributed by atoms with Gasteiger partial charge in [0.25, 0.3) is 5.91 Å². The van der Waals surface area contributed by atoms with Gasteiger partial charge in [-0.3, -0.25) is 4.79 Å². The minimum Gasteiger partial charge on any atom is -0.497 e. The van der Waals surface area contributed by atoms with Gasteiger partial charge in [0.1, 0.15) is 17.4 Å². The number of aromatic nitrogens is 1. The Hall–Kier alpha value is -4.86. The van der Waals surface area contributed by atoms with E-state index in [1.54, 1.807) is 37.5 Å². The molecule has 39 heavy (non-hydrogen) atoms. The predicted octanol–water partition coefficient (Wildman–Crippen LogP) is 8.13. The molecule has 0 fully saturated rings. The molecule has 0 aliphatic heterocycles. The van der Waals surface area contributed by atoms with E-state index in [4.69, 9.17) is 4.74 Å². The van der Waals surface area contributed by atoms with E-state index in [2.05, 4.69) is 44.0 Å². The summed E-state index contributed by atoms with van der Waals surface area (Å²) in [4.78, 5) is 13.2. The molecule has 1 heterocycles. The lowest BCUT2D eigenvalue weighted by atomic mass is 10.0. The Morgan fingerprint density at radius 2 is 1.49 bits per heavy atom. The molecule has 0 radical (unpaired) electrons. The van der Waals surface area contributed by atoms with Crippen LogP contribution in [0, 0.1) is 11.3 Å². The maximum absolute atomic E-state index is 13.2. The smallest absolute Gasteiger partial charge is 0.266 e. The Morgan fingerprint density at radius 1 is 0.872 bits per heavy atom. The van der Waals surface area contributed by atoms with Crippen LogP contribution in [0.25, 0.3) is 34.3 Å². The lowest BCUT2D eigenvalue weighted by Gasteiger charge is -2.15. The van der Waals surface area contributed by atoms with Gasteiger partial charge in [0.2, 0.25) is 0 Å². The van der Waals surface area contributed by atoms with Crippen molar-refractivity contribution in [1.82, 2.24) is 4.57 Å². The molecule has 190 valence electrons. The zero-order valence-electron chi connectivity index (χ0n) is 21.1. The summed E-state index contributed by atoms with van der Waals surface area (Å²) in [5.41, 5.74) is 6.07. The number of methoxy groups -OCH3 is 1. The normalized spacial score (nSPS) is 11.1. The maximum atomic E-state index is 13.2. The first-order valence-electron chi connectivity index (χ1n) is 12.3. The Kier molecular flexibility index (Phi) is 7.72. The number of carbonyl (C=O) groups excluding carboxylic acids is 1. The van der Waals surface area contributed by atoms with E-state index in [9.17, 15) is 10.1 Å². The molecule has 0 aliphatic carbocycles. The lowest BCUT2D eigenvalue weighted by molar-refractivity contribution is -0.112. The highest BCUT2D eigenvalue weighted by molar-refractivity contribution is 9.10. The van der Waals surface area contributed by atoms with Crippen LogP contribution in [0.3, 0.4) is 0 Å². The molecule has 0 saturated carbocycles. The van der Waals surface area contributed by atoms with E-state index in [1.807, 2.05) is 78.9 Å². The van der Waals surface area contributed by atoms with E-state index in [0.717, 1.165) is 38.2 Å². The Bertz CT molecular complexity index is 1670. The highest BCUT2D eigenvalue weighted by Gasteiger charge is 2.20.